The molecule has 0 spiro atoms. The van der Waals surface area contributed by atoms with Crippen molar-refractivity contribution in [2.24, 2.45) is 0 Å². The number of fused-ring (bicyclic) bond motifs is 1. The van der Waals surface area contributed by atoms with Crippen LogP contribution >= 0.6 is 0 Å². The van der Waals surface area contributed by atoms with E-state index in [4.69, 9.17) is 9.47 Å². The normalized spacial score (nSPS) is 10.6. The molecule has 2 heterocycles. The number of aromatic nitrogens is 2. The van der Waals surface area contributed by atoms with Gasteiger partial charge in [-0.25, -0.2) is 9.97 Å². The van der Waals surface area contributed by atoms with Gasteiger partial charge < -0.3 is 19.9 Å². The van der Waals surface area contributed by atoms with E-state index < -0.39 is 5.91 Å². The molecule has 0 aliphatic heterocycles. The number of carbonyl (C=O) groups excluding carboxylic acids is 1. The molecule has 7 heteroatoms. The summed E-state index contributed by atoms with van der Waals surface area (Å²) in [4.78, 5) is 20.8. The summed E-state index contributed by atoms with van der Waals surface area (Å²) >= 11 is 0. The van der Waals surface area contributed by atoms with Crippen molar-refractivity contribution in [3.05, 3.63) is 48.3 Å². The Morgan fingerprint density at radius 3 is 2.85 bits per heavy atom. The number of hydrogen-bond acceptors (Lipinski definition) is 6. The second kappa shape index (κ2) is 8.35. The number of aromatic hydroxyl groups is 1. The van der Waals surface area contributed by atoms with Gasteiger partial charge >= 0.3 is 0 Å². The number of benzene rings is 1. The molecule has 0 unspecified atom stereocenters. The second-order valence-corrected chi connectivity index (χ2v) is 5.92. The zero-order valence-corrected chi connectivity index (χ0v) is 15.2. The van der Waals surface area contributed by atoms with E-state index in [1.165, 1.54) is 19.4 Å². The van der Waals surface area contributed by atoms with E-state index >= 15 is 0 Å². The lowest BCUT2D eigenvalue weighted by atomic mass is 10.2. The maximum absolute atomic E-state index is 12.4. The Bertz CT molecular complexity index is 959. The highest BCUT2D eigenvalue weighted by Gasteiger charge is 2.17. The summed E-state index contributed by atoms with van der Waals surface area (Å²) in [6.45, 7) is 2.74. The molecule has 1 aromatic carbocycles. The topological polar surface area (TPSA) is 93.6 Å². The number of nitrogens with zero attached hydrogens (tertiary/aromatic N) is 2. The van der Waals surface area contributed by atoms with Crippen LogP contribution in [0.1, 0.15) is 30.3 Å². The van der Waals surface area contributed by atoms with Crippen LogP contribution in [-0.2, 0) is 0 Å². The number of pyridine rings is 2. The van der Waals surface area contributed by atoms with Gasteiger partial charge in [-0.3, -0.25) is 4.79 Å². The van der Waals surface area contributed by atoms with Gasteiger partial charge in [0, 0.05) is 29.4 Å². The Morgan fingerprint density at radius 1 is 1.22 bits per heavy atom. The summed E-state index contributed by atoms with van der Waals surface area (Å²) < 4.78 is 10.6. The first kappa shape index (κ1) is 18.4. The summed E-state index contributed by atoms with van der Waals surface area (Å²) in [6.07, 6.45) is 3.45. The van der Waals surface area contributed by atoms with Gasteiger partial charge in [0.15, 0.2) is 17.2 Å². The Morgan fingerprint density at radius 2 is 2.07 bits per heavy atom. The number of rotatable bonds is 7. The fraction of sp³-hybridized carbons (Fsp3) is 0.250. The van der Waals surface area contributed by atoms with Crippen LogP contribution in [-0.4, -0.2) is 34.7 Å². The number of anilines is 1. The number of unbranched alkanes of at least 4 members (excludes halogenated alkanes) is 1. The molecule has 7 nitrogen and oxygen atoms in total. The number of ether oxygens (including phenoxy) is 2. The standard InChI is InChI=1S/C20H21N3O4/c1-3-4-11-27-17-8-5-13-12-14(6-7-15(13)23-17)22-20(25)18-19(24)16(26-2)9-10-21-18/h5-10,12,24H,3-4,11H2,1-2H3,(H,22,25). The molecule has 0 fully saturated rings. The molecule has 0 saturated carbocycles. The molecule has 1 amide bonds. The highest BCUT2D eigenvalue weighted by molar-refractivity contribution is 6.05. The average Bonchev–Trinajstić information content (AvgIpc) is 2.68. The van der Waals surface area contributed by atoms with Crippen LogP contribution in [0.25, 0.3) is 10.9 Å². The monoisotopic (exact) mass is 367 g/mol. The fourth-order valence-corrected chi connectivity index (χ4v) is 2.54. The third kappa shape index (κ3) is 4.25. The van der Waals surface area contributed by atoms with Gasteiger partial charge in [-0.05, 0) is 30.7 Å². The molecule has 0 aliphatic carbocycles. The second-order valence-electron chi connectivity index (χ2n) is 5.92. The predicted octanol–water partition coefficient (Wildman–Crippen LogP) is 3.78. The predicted molar refractivity (Wildman–Crippen MR) is 103 cm³/mol. The van der Waals surface area contributed by atoms with Crippen molar-refractivity contribution >= 4 is 22.5 Å². The van der Waals surface area contributed by atoms with Crippen LogP contribution in [0.4, 0.5) is 5.69 Å². The van der Waals surface area contributed by atoms with E-state index in [1.807, 2.05) is 6.07 Å². The molecule has 3 aromatic rings. The van der Waals surface area contributed by atoms with Crippen molar-refractivity contribution in [2.45, 2.75) is 19.8 Å². The molecular weight excluding hydrogens is 346 g/mol. The minimum Gasteiger partial charge on any atom is -0.503 e. The van der Waals surface area contributed by atoms with Crippen LogP contribution in [0.5, 0.6) is 17.4 Å². The highest BCUT2D eigenvalue weighted by Crippen LogP contribution is 2.28. The largest absolute Gasteiger partial charge is 0.503 e. The van der Waals surface area contributed by atoms with E-state index in [2.05, 4.69) is 22.2 Å². The quantitative estimate of drug-likeness (QED) is 0.617. The van der Waals surface area contributed by atoms with Crippen molar-refractivity contribution in [1.29, 1.82) is 0 Å². The van der Waals surface area contributed by atoms with Gasteiger partial charge in [0.1, 0.15) is 0 Å². The molecular formula is C20H21N3O4. The Kier molecular flexibility index (Phi) is 5.71. The summed E-state index contributed by atoms with van der Waals surface area (Å²) in [7, 11) is 1.41. The Labute approximate surface area is 157 Å². The van der Waals surface area contributed by atoms with Crippen LogP contribution in [0.2, 0.25) is 0 Å². The minimum absolute atomic E-state index is 0.104. The van der Waals surface area contributed by atoms with Crippen molar-refractivity contribution in [3.63, 3.8) is 0 Å². The molecule has 3 rings (SSSR count). The van der Waals surface area contributed by atoms with Gasteiger partial charge in [0.25, 0.3) is 5.91 Å². The van der Waals surface area contributed by atoms with E-state index in [0.29, 0.717) is 18.2 Å². The zero-order chi connectivity index (χ0) is 19.2. The summed E-state index contributed by atoms with van der Waals surface area (Å²) in [5.41, 5.74) is 1.23. The molecule has 0 atom stereocenters. The lowest BCUT2D eigenvalue weighted by Gasteiger charge is -2.10. The molecule has 0 saturated heterocycles. The lowest BCUT2D eigenvalue weighted by molar-refractivity contribution is 0.101. The van der Waals surface area contributed by atoms with Gasteiger partial charge in [-0.2, -0.15) is 0 Å². The van der Waals surface area contributed by atoms with E-state index in [-0.39, 0.29) is 17.2 Å². The lowest BCUT2D eigenvalue weighted by Crippen LogP contribution is -2.14. The van der Waals surface area contributed by atoms with Crippen molar-refractivity contribution in [1.82, 2.24) is 9.97 Å². The first-order chi connectivity index (χ1) is 13.1. The maximum atomic E-state index is 12.4. The van der Waals surface area contributed by atoms with E-state index in [0.717, 1.165) is 23.7 Å². The van der Waals surface area contributed by atoms with Crippen LogP contribution in [0, 0.1) is 0 Å². The van der Waals surface area contributed by atoms with Gasteiger partial charge in [0.2, 0.25) is 5.88 Å². The number of hydrogen-bond donors (Lipinski definition) is 2. The van der Waals surface area contributed by atoms with Gasteiger partial charge in [-0.1, -0.05) is 13.3 Å². The Balaban J connectivity index is 1.77. The summed E-state index contributed by atoms with van der Waals surface area (Å²) in [5, 5.41) is 13.6. The maximum Gasteiger partial charge on any atom is 0.278 e. The van der Waals surface area contributed by atoms with Crippen molar-refractivity contribution in [3.8, 4) is 17.4 Å². The number of amides is 1. The van der Waals surface area contributed by atoms with Crippen LogP contribution in [0.15, 0.2) is 42.6 Å². The van der Waals surface area contributed by atoms with E-state index in [9.17, 15) is 9.90 Å². The smallest absolute Gasteiger partial charge is 0.278 e. The number of carbonyl (C=O) groups is 1. The minimum atomic E-state index is -0.529. The van der Waals surface area contributed by atoms with Crippen molar-refractivity contribution in [2.75, 3.05) is 19.0 Å². The molecule has 0 bridgehead atoms. The summed E-state index contributed by atoms with van der Waals surface area (Å²) in [5.74, 6) is -0.0567. The number of nitrogens with one attached hydrogen (secondary N) is 1. The molecule has 0 aliphatic rings. The number of methoxy groups -OCH3 is 1. The molecule has 140 valence electrons. The van der Waals surface area contributed by atoms with Crippen molar-refractivity contribution < 1.29 is 19.4 Å². The highest BCUT2D eigenvalue weighted by atomic mass is 16.5. The molecule has 0 radical (unpaired) electrons. The third-order valence-corrected chi connectivity index (χ3v) is 3.99. The molecule has 2 N–H and O–H groups in total. The van der Waals surface area contributed by atoms with Crippen LogP contribution in [0.3, 0.4) is 0 Å². The van der Waals surface area contributed by atoms with Gasteiger partial charge in [-0.15, -0.1) is 0 Å². The first-order valence-corrected chi connectivity index (χ1v) is 8.69. The van der Waals surface area contributed by atoms with Gasteiger partial charge in [0.05, 0.1) is 19.2 Å². The first-order valence-electron chi connectivity index (χ1n) is 8.69. The zero-order valence-electron chi connectivity index (χ0n) is 15.2. The molecule has 2 aromatic heterocycles. The molecule has 27 heavy (non-hydrogen) atoms. The fourth-order valence-electron chi connectivity index (χ4n) is 2.54. The average molecular weight is 367 g/mol. The third-order valence-electron chi connectivity index (χ3n) is 3.99. The van der Waals surface area contributed by atoms with E-state index in [1.54, 1.807) is 24.3 Å². The summed E-state index contributed by atoms with van der Waals surface area (Å²) in [6, 6.07) is 10.5. The Hall–Kier alpha value is -3.35. The van der Waals surface area contributed by atoms with Crippen LogP contribution < -0.4 is 14.8 Å². The SMILES string of the molecule is CCCCOc1ccc2cc(NC(=O)c3nccc(OC)c3O)ccc2n1.